The van der Waals surface area contributed by atoms with Crippen molar-refractivity contribution in [1.29, 1.82) is 0 Å². The standard InChI is InChI=1S/C13H24N2O3/c1-10(2)11(16)14-8-9-15(3)12(17)13(18)6-4-5-7-13/h10,18H,4-9H2,1-3H3,(H,14,16). The average Bonchev–Trinajstić information content (AvgIpc) is 2.75. The van der Waals surface area contributed by atoms with Crippen molar-refractivity contribution in [1.82, 2.24) is 10.2 Å². The molecule has 0 aromatic rings. The lowest BCUT2D eigenvalue weighted by molar-refractivity contribution is -0.149. The normalized spacial score (nSPS) is 17.8. The summed E-state index contributed by atoms with van der Waals surface area (Å²) in [6, 6.07) is 0. The Morgan fingerprint density at radius 2 is 1.89 bits per heavy atom. The molecule has 0 bridgehead atoms. The molecule has 1 fully saturated rings. The summed E-state index contributed by atoms with van der Waals surface area (Å²) in [5, 5.41) is 12.9. The molecule has 1 aliphatic carbocycles. The third-order valence-electron chi connectivity index (χ3n) is 3.45. The van der Waals surface area contributed by atoms with E-state index in [1.165, 1.54) is 4.90 Å². The van der Waals surface area contributed by atoms with Gasteiger partial charge < -0.3 is 15.3 Å². The van der Waals surface area contributed by atoms with Crippen molar-refractivity contribution < 1.29 is 14.7 Å². The Hall–Kier alpha value is -1.10. The van der Waals surface area contributed by atoms with Gasteiger partial charge >= 0.3 is 0 Å². The van der Waals surface area contributed by atoms with Gasteiger partial charge in [-0.05, 0) is 25.7 Å². The maximum Gasteiger partial charge on any atom is 0.254 e. The Bertz CT molecular complexity index is 309. The van der Waals surface area contributed by atoms with Crippen LogP contribution in [0.3, 0.4) is 0 Å². The van der Waals surface area contributed by atoms with Gasteiger partial charge in [-0.1, -0.05) is 13.8 Å². The molecule has 104 valence electrons. The third-order valence-corrected chi connectivity index (χ3v) is 3.45. The maximum atomic E-state index is 12.0. The summed E-state index contributed by atoms with van der Waals surface area (Å²) in [4.78, 5) is 24.9. The first-order chi connectivity index (χ1) is 8.37. The molecule has 0 aliphatic heterocycles. The number of nitrogens with one attached hydrogen (secondary N) is 1. The predicted octanol–water partition coefficient (Wildman–Crippen LogP) is 0.522. The largest absolute Gasteiger partial charge is 0.380 e. The Kier molecular flexibility index (Phi) is 5.14. The smallest absolute Gasteiger partial charge is 0.254 e. The van der Waals surface area contributed by atoms with Crippen LogP contribution in [-0.4, -0.2) is 47.6 Å². The Morgan fingerprint density at radius 3 is 2.39 bits per heavy atom. The fourth-order valence-corrected chi connectivity index (χ4v) is 2.18. The van der Waals surface area contributed by atoms with E-state index < -0.39 is 5.60 Å². The summed E-state index contributed by atoms with van der Waals surface area (Å²) in [6.07, 6.45) is 2.91. The van der Waals surface area contributed by atoms with E-state index in [0.29, 0.717) is 25.9 Å². The van der Waals surface area contributed by atoms with Gasteiger partial charge in [0.15, 0.2) is 0 Å². The van der Waals surface area contributed by atoms with Gasteiger partial charge in [0.05, 0.1) is 0 Å². The summed E-state index contributed by atoms with van der Waals surface area (Å²) in [7, 11) is 1.67. The highest BCUT2D eigenvalue weighted by Gasteiger charge is 2.40. The molecule has 1 rings (SSSR count). The van der Waals surface area contributed by atoms with Crippen LogP contribution in [0.2, 0.25) is 0 Å². The molecule has 1 aliphatic rings. The van der Waals surface area contributed by atoms with Crippen molar-refractivity contribution >= 4 is 11.8 Å². The van der Waals surface area contributed by atoms with Crippen LogP contribution in [0.15, 0.2) is 0 Å². The highest BCUT2D eigenvalue weighted by Crippen LogP contribution is 2.30. The molecule has 1 saturated carbocycles. The van der Waals surface area contributed by atoms with E-state index in [1.54, 1.807) is 7.05 Å². The summed E-state index contributed by atoms with van der Waals surface area (Å²) >= 11 is 0. The molecular weight excluding hydrogens is 232 g/mol. The number of amides is 2. The van der Waals surface area contributed by atoms with Gasteiger partial charge in [0, 0.05) is 26.1 Å². The van der Waals surface area contributed by atoms with Crippen LogP contribution >= 0.6 is 0 Å². The minimum atomic E-state index is -1.17. The van der Waals surface area contributed by atoms with Gasteiger partial charge in [0.1, 0.15) is 5.60 Å². The van der Waals surface area contributed by atoms with Crippen LogP contribution in [0, 0.1) is 5.92 Å². The van der Waals surface area contributed by atoms with E-state index in [1.807, 2.05) is 13.8 Å². The molecule has 0 atom stereocenters. The topological polar surface area (TPSA) is 69.6 Å². The SMILES string of the molecule is CC(C)C(=O)NCCN(C)C(=O)C1(O)CCCC1. The minimum Gasteiger partial charge on any atom is -0.380 e. The molecule has 2 amide bonds. The molecular formula is C13H24N2O3. The molecule has 0 aromatic carbocycles. The van der Waals surface area contributed by atoms with E-state index in [2.05, 4.69) is 5.32 Å². The molecule has 0 heterocycles. The zero-order valence-electron chi connectivity index (χ0n) is 11.5. The van der Waals surface area contributed by atoms with Gasteiger partial charge in [-0.15, -0.1) is 0 Å². The van der Waals surface area contributed by atoms with Crippen LogP contribution in [0.5, 0.6) is 0 Å². The highest BCUT2D eigenvalue weighted by molar-refractivity contribution is 5.85. The zero-order valence-corrected chi connectivity index (χ0v) is 11.5. The Labute approximate surface area is 109 Å². The van der Waals surface area contributed by atoms with E-state index >= 15 is 0 Å². The lowest BCUT2D eigenvalue weighted by Crippen LogP contribution is -2.48. The van der Waals surface area contributed by atoms with Gasteiger partial charge in [0.2, 0.25) is 5.91 Å². The Balaban J connectivity index is 2.34. The molecule has 0 spiro atoms. The van der Waals surface area contributed by atoms with Gasteiger partial charge in [-0.25, -0.2) is 0 Å². The number of rotatable bonds is 5. The lowest BCUT2D eigenvalue weighted by atomic mass is 10.0. The summed E-state index contributed by atoms with van der Waals surface area (Å²) in [5.41, 5.74) is -1.17. The monoisotopic (exact) mass is 256 g/mol. The Morgan fingerprint density at radius 1 is 1.33 bits per heavy atom. The van der Waals surface area contributed by atoms with Crippen LogP contribution in [-0.2, 0) is 9.59 Å². The van der Waals surface area contributed by atoms with E-state index in [9.17, 15) is 14.7 Å². The second kappa shape index (κ2) is 6.18. The fourth-order valence-electron chi connectivity index (χ4n) is 2.18. The maximum absolute atomic E-state index is 12.0. The zero-order chi connectivity index (χ0) is 13.8. The number of nitrogens with zero attached hydrogens (tertiary/aromatic N) is 1. The minimum absolute atomic E-state index is 0.0181. The average molecular weight is 256 g/mol. The summed E-state index contributed by atoms with van der Waals surface area (Å²) in [5.74, 6) is -0.292. The van der Waals surface area contributed by atoms with Crippen molar-refractivity contribution in [2.75, 3.05) is 20.1 Å². The third kappa shape index (κ3) is 3.70. The predicted molar refractivity (Wildman–Crippen MR) is 68.9 cm³/mol. The number of hydrogen-bond acceptors (Lipinski definition) is 3. The van der Waals surface area contributed by atoms with Gasteiger partial charge in [-0.2, -0.15) is 0 Å². The van der Waals surface area contributed by atoms with Crippen molar-refractivity contribution in [3.05, 3.63) is 0 Å². The van der Waals surface area contributed by atoms with Crippen LogP contribution in [0.4, 0.5) is 0 Å². The molecule has 5 heteroatoms. The number of aliphatic hydroxyl groups is 1. The number of carbonyl (C=O) groups is 2. The first-order valence-electron chi connectivity index (χ1n) is 6.62. The number of likely N-dealkylation sites (N-methyl/N-ethyl adjacent to an activating group) is 1. The molecule has 2 N–H and O–H groups in total. The first kappa shape index (κ1) is 15.0. The summed E-state index contributed by atoms with van der Waals surface area (Å²) < 4.78 is 0. The van der Waals surface area contributed by atoms with Crippen molar-refractivity contribution in [2.24, 2.45) is 5.92 Å². The van der Waals surface area contributed by atoms with E-state index in [-0.39, 0.29) is 17.7 Å². The number of hydrogen-bond donors (Lipinski definition) is 2. The second-order valence-corrected chi connectivity index (χ2v) is 5.41. The van der Waals surface area contributed by atoms with Crippen LogP contribution in [0.1, 0.15) is 39.5 Å². The highest BCUT2D eigenvalue weighted by atomic mass is 16.3. The number of carbonyl (C=O) groups excluding carboxylic acids is 2. The van der Waals surface area contributed by atoms with Crippen molar-refractivity contribution in [3.63, 3.8) is 0 Å². The lowest BCUT2D eigenvalue weighted by Gasteiger charge is -2.27. The fraction of sp³-hybridized carbons (Fsp3) is 0.846. The van der Waals surface area contributed by atoms with Crippen molar-refractivity contribution in [2.45, 2.75) is 45.1 Å². The molecule has 0 unspecified atom stereocenters. The quantitative estimate of drug-likeness (QED) is 0.753. The van der Waals surface area contributed by atoms with E-state index in [4.69, 9.17) is 0 Å². The van der Waals surface area contributed by atoms with Crippen molar-refractivity contribution in [3.8, 4) is 0 Å². The first-order valence-corrected chi connectivity index (χ1v) is 6.62. The van der Waals surface area contributed by atoms with Gasteiger partial charge in [0.25, 0.3) is 5.91 Å². The molecule has 0 radical (unpaired) electrons. The van der Waals surface area contributed by atoms with Crippen LogP contribution < -0.4 is 5.32 Å². The molecule has 0 saturated heterocycles. The van der Waals surface area contributed by atoms with Crippen LogP contribution in [0.25, 0.3) is 0 Å². The summed E-state index contributed by atoms with van der Waals surface area (Å²) in [6.45, 7) is 4.51. The molecule has 0 aromatic heterocycles. The second-order valence-electron chi connectivity index (χ2n) is 5.41. The van der Waals surface area contributed by atoms with Gasteiger partial charge in [-0.3, -0.25) is 9.59 Å². The molecule has 18 heavy (non-hydrogen) atoms. The molecule has 5 nitrogen and oxygen atoms in total. The van der Waals surface area contributed by atoms with E-state index in [0.717, 1.165) is 12.8 Å².